The molecule has 6 rings (SSSR count). The Morgan fingerprint density at radius 3 is 2.07 bits per heavy atom. The van der Waals surface area contributed by atoms with Crippen LogP contribution in [0.3, 0.4) is 0 Å². The van der Waals surface area contributed by atoms with E-state index in [0.29, 0.717) is 49.3 Å². The molecule has 3 aromatic rings. The number of hydrogen-bond acceptors (Lipinski definition) is 7. The fourth-order valence-electron chi connectivity index (χ4n) is 6.82. The lowest BCUT2D eigenvalue weighted by molar-refractivity contribution is -0.143. The maximum Gasteiger partial charge on any atom is 0.416 e. The summed E-state index contributed by atoms with van der Waals surface area (Å²) in [4.78, 5) is 14.4. The van der Waals surface area contributed by atoms with E-state index in [-0.39, 0.29) is 36.1 Å². The minimum atomic E-state index is -4.85. The quantitative estimate of drug-likeness (QED) is 0.245. The summed E-state index contributed by atoms with van der Waals surface area (Å²) in [5.74, 6) is 1.05. The van der Waals surface area contributed by atoms with Gasteiger partial charge < -0.3 is 21.0 Å². The van der Waals surface area contributed by atoms with Gasteiger partial charge in [0.25, 0.3) is 0 Å². The summed E-state index contributed by atoms with van der Waals surface area (Å²) in [6, 6.07) is 2.65. The number of rotatable bonds is 7. The van der Waals surface area contributed by atoms with E-state index in [2.05, 4.69) is 20.3 Å². The van der Waals surface area contributed by atoms with Crippen molar-refractivity contribution < 1.29 is 26.3 Å². The fraction of sp³-hybridized carbons (Fsp3) is 0.633. The van der Waals surface area contributed by atoms with Gasteiger partial charge in [-0.2, -0.15) is 36.3 Å². The highest BCUT2D eigenvalue weighted by atomic mass is 19.4. The number of anilines is 2. The summed E-state index contributed by atoms with van der Waals surface area (Å²) >= 11 is 0. The van der Waals surface area contributed by atoms with Crippen LogP contribution in [0.1, 0.15) is 86.9 Å². The number of piperidine rings is 1. The monoisotopic (exact) mass is 624 g/mol. The molecule has 44 heavy (non-hydrogen) atoms. The molecular weight excluding hydrogens is 586 g/mol. The molecule has 0 unspecified atom stereocenters. The summed E-state index contributed by atoms with van der Waals surface area (Å²) < 4.78 is 82.2. The van der Waals surface area contributed by atoms with Crippen molar-refractivity contribution in [1.29, 1.82) is 0 Å². The van der Waals surface area contributed by atoms with Gasteiger partial charge in [0, 0.05) is 31.2 Å². The summed E-state index contributed by atoms with van der Waals surface area (Å²) in [7, 11) is 0. The van der Waals surface area contributed by atoms with Crippen LogP contribution < -0.4 is 16.5 Å². The van der Waals surface area contributed by atoms with Crippen molar-refractivity contribution in [1.82, 2.24) is 24.5 Å². The first-order chi connectivity index (χ1) is 20.9. The first-order valence-corrected chi connectivity index (χ1v) is 15.5. The molecule has 1 aliphatic heterocycles. The van der Waals surface area contributed by atoms with Crippen LogP contribution in [0, 0.1) is 5.92 Å². The van der Waals surface area contributed by atoms with Gasteiger partial charge in [0.15, 0.2) is 17.0 Å². The normalized spacial score (nSPS) is 23.0. The van der Waals surface area contributed by atoms with Crippen LogP contribution in [0.2, 0.25) is 0 Å². The van der Waals surface area contributed by atoms with Crippen molar-refractivity contribution in [2.75, 3.05) is 23.8 Å². The molecule has 3 heterocycles. The second-order valence-corrected chi connectivity index (χ2v) is 12.6. The molecule has 4 N–H and O–H groups in total. The lowest BCUT2D eigenvalue weighted by Gasteiger charge is -2.33. The highest BCUT2D eigenvalue weighted by Gasteiger charge is 2.37. The van der Waals surface area contributed by atoms with Gasteiger partial charge in [-0.15, -0.1) is 0 Å². The number of nitrogens with one attached hydrogen (secondary N) is 2. The molecule has 3 aliphatic rings. The third-order valence-electron chi connectivity index (χ3n) is 9.29. The molecule has 2 saturated carbocycles. The third-order valence-corrected chi connectivity index (χ3v) is 9.29. The average molecular weight is 625 g/mol. The van der Waals surface area contributed by atoms with Gasteiger partial charge in [-0.05, 0) is 87.5 Å². The summed E-state index contributed by atoms with van der Waals surface area (Å²) in [5.41, 5.74) is 8.44. The van der Waals surface area contributed by atoms with Gasteiger partial charge in [0.05, 0.1) is 17.5 Å². The van der Waals surface area contributed by atoms with Crippen molar-refractivity contribution >= 4 is 22.9 Å². The Bertz CT molecular complexity index is 1400. The number of nitrogens with zero attached hydrogens (tertiary/aromatic N) is 5. The van der Waals surface area contributed by atoms with E-state index >= 15 is 0 Å². The Balaban J connectivity index is 1.16. The maximum atomic E-state index is 13.3. The SMILES string of the molecule is NC1CCC(Nc2nc(NN3CCC(Cc4cc(C(F)(F)F)cc(C(F)(F)F)c4)CC3)c3ncn(C4CCCC4)c3n2)CC1. The molecule has 0 atom stereocenters. The zero-order valence-electron chi connectivity index (χ0n) is 24.4. The van der Waals surface area contributed by atoms with Gasteiger partial charge in [0.1, 0.15) is 0 Å². The zero-order chi connectivity index (χ0) is 31.1. The molecule has 2 aliphatic carbocycles. The molecule has 1 saturated heterocycles. The lowest BCUT2D eigenvalue weighted by atomic mass is 9.89. The van der Waals surface area contributed by atoms with Crippen LogP contribution >= 0.6 is 0 Å². The Morgan fingerprint density at radius 2 is 1.45 bits per heavy atom. The predicted molar refractivity (Wildman–Crippen MR) is 155 cm³/mol. The number of imidazole rings is 1. The van der Waals surface area contributed by atoms with E-state index in [4.69, 9.17) is 15.7 Å². The Morgan fingerprint density at radius 1 is 0.818 bits per heavy atom. The van der Waals surface area contributed by atoms with Crippen molar-refractivity contribution in [3.8, 4) is 0 Å². The van der Waals surface area contributed by atoms with Crippen LogP contribution in [0.5, 0.6) is 0 Å². The molecule has 14 heteroatoms. The number of alkyl halides is 6. The van der Waals surface area contributed by atoms with Crippen LogP contribution in [-0.2, 0) is 18.8 Å². The van der Waals surface area contributed by atoms with E-state index in [1.54, 1.807) is 0 Å². The average Bonchev–Trinajstić information content (AvgIpc) is 3.65. The van der Waals surface area contributed by atoms with Gasteiger partial charge >= 0.3 is 12.4 Å². The summed E-state index contributed by atoms with van der Waals surface area (Å²) in [5, 5.41) is 5.50. The Labute approximate surface area is 251 Å². The van der Waals surface area contributed by atoms with Crippen molar-refractivity contribution in [2.24, 2.45) is 11.7 Å². The minimum Gasteiger partial charge on any atom is -0.351 e. The highest BCUT2D eigenvalue weighted by molar-refractivity contribution is 5.84. The van der Waals surface area contributed by atoms with E-state index in [0.717, 1.165) is 56.3 Å². The maximum absolute atomic E-state index is 13.3. The fourth-order valence-corrected chi connectivity index (χ4v) is 6.82. The summed E-state index contributed by atoms with van der Waals surface area (Å²) in [6.45, 7) is 1.10. The summed E-state index contributed by atoms with van der Waals surface area (Å²) in [6.07, 6.45) is 1.72. The van der Waals surface area contributed by atoms with Gasteiger partial charge in [-0.3, -0.25) is 0 Å². The van der Waals surface area contributed by atoms with Gasteiger partial charge in [0.2, 0.25) is 5.95 Å². The first kappa shape index (κ1) is 30.9. The van der Waals surface area contributed by atoms with Crippen molar-refractivity contribution in [3.05, 3.63) is 41.2 Å². The molecule has 1 aromatic carbocycles. The van der Waals surface area contributed by atoms with Crippen LogP contribution in [0.25, 0.3) is 11.2 Å². The second-order valence-electron chi connectivity index (χ2n) is 12.6. The number of benzene rings is 1. The van der Waals surface area contributed by atoms with E-state index in [9.17, 15) is 26.3 Å². The number of fused-ring (bicyclic) bond motifs is 1. The lowest BCUT2D eigenvalue weighted by Crippen LogP contribution is -2.39. The zero-order valence-corrected chi connectivity index (χ0v) is 24.4. The molecule has 0 bridgehead atoms. The Kier molecular flexibility index (Phi) is 8.66. The van der Waals surface area contributed by atoms with E-state index in [1.165, 1.54) is 12.8 Å². The van der Waals surface area contributed by atoms with Gasteiger partial charge in [-0.1, -0.05) is 12.8 Å². The molecular formula is C30H38F6N8. The highest BCUT2D eigenvalue weighted by Crippen LogP contribution is 2.38. The molecule has 0 radical (unpaired) electrons. The largest absolute Gasteiger partial charge is 0.416 e. The van der Waals surface area contributed by atoms with E-state index < -0.39 is 23.5 Å². The number of aromatic nitrogens is 4. The standard InChI is InChI=1S/C30H38F6N8/c31-29(32,33)20-14-19(15-21(16-20)30(34,35)36)13-18-9-11-43(12-10-18)42-26-25-27(44(17-38-25)24-3-1-2-4-24)41-28(40-26)39-23-7-5-22(37)6-8-23/h14-18,22-24H,1-13,37H2,(H2,39,40,41,42). The number of halogens is 6. The first-order valence-electron chi connectivity index (χ1n) is 15.5. The molecule has 2 aromatic heterocycles. The molecule has 0 amide bonds. The molecule has 8 nitrogen and oxygen atoms in total. The van der Waals surface area contributed by atoms with Crippen LogP contribution in [0.4, 0.5) is 38.1 Å². The molecule has 0 spiro atoms. The second kappa shape index (κ2) is 12.3. The third kappa shape index (κ3) is 7.06. The minimum absolute atomic E-state index is 0.0490. The predicted octanol–water partition coefficient (Wildman–Crippen LogP) is 6.94. The van der Waals surface area contributed by atoms with Crippen molar-refractivity contribution in [2.45, 2.75) is 101 Å². The molecule has 240 valence electrons. The number of nitrogens with two attached hydrogens (primary N) is 1. The van der Waals surface area contributed by atoms with Crippen LogP contribution in [-0.4, -0.2) is 49.7 Å². The number of hydrogen-bond donors (Lipinski definition) is 3. The molecule has 3 fully saturated rings. The topological polar surface area (TPSA) is 96.9 Å². The smallest absolute Gasteiger partial charge is 0.351 e. The van der Waals surface area contributed by atoms with E-state index in [1.807, 2.05) is 11.3 Å². The number of hydrazine groups is 1. The van der Waals surface area contributed by atoms with Crippen LogP contribution in [0.15, 0.2) is 24.5 Å². The van der Waals surface area contributed by atoms with Gasteiger partial charge in [-0.25, -0.2) is 9.99 Å². The Hall–Kier alpha value is -3.13. The van der Waals surface area contributed by atoms with Crippen molar-refractivity contribution in [3.63, 3.8) is 0 Å².